The van der Waals surface area contributed by atoms with Crippen LogP contribution in [0.15, 0.2) is 29.2 Å². The van der Waals surface area contributed by atoms with Crippen molar-refractivity contribution in [2.24, 2.45) is 0 Å². The zero-order valence-electron chi connectivity index (χ0n) is 7.76. The number of fused-ring (bicyclic) bond motifs is 1. The van der Waals surface area contributed by atoms with Crippen LogP contribution >= 0.6 is 11.8 Å². The maximum absolute atomic E-state index is 12.9. The highest BCUT2D eigenvalue weighted by Gasteiger charge is 2.44. The largest absolute Gasteiger partial charge is 0.365 e. The quantitative estimate of drug-likeness (QED) is 0.809. The van der Waals surface area contributed by atoms with E-state index >= 15 is 0 Å². The first-order chi connectivity index (χ1) is 6.68. The third-order valence-electron chi connectivity index (χ3n) is 2.40. The Kier molecular flexibility index (Phi) is 2.39. The monoisotopic (exact) mass is 215 g/mol. The molecular weight excluding hydrogens is 204 g/mol. The van der Waals surface area contributed by atoms with Gasteiger partial charge in [-0.05, 0) is 18.6 Å². The summed E-state index contributed by atoms with van der Waals surface area (Å²) in [5.41, 5.74) is 0.819. The van der Waals surface area contributed by atoms with Gasteiger partial charge in [-0.2, -0.15) is 0 Å². The second-order valence-corrected chi connectivity index (χ2v) is 4.64. The lowest BCUT2D eigenvalue weighted by molar-refractivity contribution is 0.109. The maximum Gasteiger partial charge on any atom is 0.270 e. The van der Waals surface area contributed by atoms with Gasteiger partial charge in [-0.3, -0.25) is 0 Å². The van der Waals surface area contributed by atoms with Gasteiger partial charge in [-0.25, -0.2) is 8.78 Å². The van der Waals surface area contributed by atoms with Crippen molar-refractivity contribution in [1.82, 2.24) is 0 Å². The van der Waals surface area contributed by atoms with Gasteiger partial charge in [0.25, 0.3) is 6.43 Å². The fraction of sp³-hybridized carbons (Fsp3) is 0.400. The molecular formula is C10H11F2NS. The van der Waals surface area contributed by atoms with Gasteiger partial charge in [0, 0.05) is 10.6 Å². The molecule has 1 aromatic rings. The summed E-state index contributed by atoms with van der Waals surface area (Å²) < 4.78 is 25.8. The summed E-state index contributed by atoms with van der Waals surface area (Å²) in [5.74, 6) is 0. The van der Waals surface area contributed by atoms with E-state index in [2.05, 4.69) is 5.32 Å². The Morgan fingerprint density at radius 2 is 2.14 bits per heavy atom. The molecule has 0 fully saturated rings. The van der Waals surface area contributed by atoms with E-state index in [1.165, 1.54) is 11.8 Å². The molecule has 1 unspecified atom stereocenters. The Balaban J connectivity index is 2.32. The summed E-state index contributed by atoms with van der Waals surface area (Å²) in [6, 6.07) is 7.42. The molecule has 14 heavy (non-hydrogen) atoms. The van der Waals surface area contributed by atoms with Crippen molar-refractivity contribution in [1.29, 1.82) is 0 Å². The number of benzene rings is 1. The lowest BCUT2D eigenvalue weighted by atomic mass is 10.2. The highest BCUT2D eigenvalue weighted by Crippen LogP contribution is 2.49. The number of hydrogen-bond acceptors (Lipinski definition) is 2. The Morgan fingerprint density at radius 3 is 2.71 bits per heavy atom. The first kappa shape index (κ1) is 9.77. The molecule has 76 valence electrons. The predicted octanol–water partition coefficient (Wildman–Crippen LogP) is 3.58. The number of alkyl halides is 2. The van der Waals surface area contributed by atoms with Gasteiger partial charge in [-0.15, -0.1) is 0 Å². The van der Waals surface area contributed by atoms with E-state index < -0.39 is 11.3 Å². The van der Waals surface area contributed by atoms with E-state index in [9.17, 15) is 8.78 Å². The number of thioether (sulfide) groups is 1. The summed E-state index contributed by atoms with van der Waals surface area (Å²) in [4.78, 5) is -0.210. The average molecular weight is 215 g/mol. The normalized spacial score (nSPS) is 24.9. The molecule has 1 heterocycles. The van der Waals surface area contributed by atoms with E-state index in [1.54, 1.807) is 6.92 Å². The standard InChI is InChI=1S/C10H11F2NS/c1-2-10(9(11)12)13-7-5-3-4-6-8(7)14-10/h3-6,9,13H,2H2,1H3. The highest BCUT2D eigenvalue weighted by atomic mass is 32.2. The molecule has 0 radical (unpaired) electrons. The molecule has 0 spiro atoms. The van der Waals surface area contributed by atoms with Crippen LogP contribution in [0.25, 0.3) is 0 Å². The molecule has 1 N–H and O–H groups in total. The minimum atomic E-state index is -2.36. The van der Waals surface area contributed by atoms with E-state index in [1.807, 2.05) is 24.3 Å². The summed E-state index contributed by atoms with van der Waals surface area (Å²) in [7, 11) is 0. The number of hydrogen-bond donors (Lipinski definition) is 1. The van der Waals surface area contributed by atoms with Gasteiger partial charge in [0.1, 0.15) is 4.87 Å². The summed E-state index contributed by atoms with van der Waals surface area (Å²) in [6.07, 6.45) is -1.95. The number of rotatable bonds is 2. The van der Waals surface area contributed by atoms with E-state index in [0.717, 1.165) is 10.6 Å². The molecule has 0 aliphatic carbocycles. The van der Waals surface area contributed by atoms with Crippen molar-refractivity contribution in [3.05, 3.63) is 24.3 Å². The molecule has 1 nitrogen and oxygen atoms in total. The molecule has 4 heteroatoms. The van der Waals surface area contributed by atoms with E-state index in [0.29, 0.717) is 6.42 Å². The van der Waals surface area contributed by atoms with Crippen LogP contribution in [-0.2, 0) is 0 Å². The highest BCUT2D eigenvalue weighted by molar-refractivity contribution is 8.01. The van der Waals surface area contributed by atoms with Crippen LogP contribution in [0, 0.1) is 0 Å². The molecule has 1 aliphatic heterocycles. The predicted molar refractivity (Wildman–Crippen MR) is 54.9 cm³/mol. The van der Waals surface area contributed by atoms with Gasteiger partial charge in [0.2, 0.25) is 0 Å². The van der Waals surface area contributed by atoms with Gasteiger partial charge in [0.15, 0.2) is 0 Å². The minimum Gasteiger partial charge on any atom is -0.365 e. The lowest BCUT2D eigenvalue weighted by Crippen LogP contribution is -2.38. The first-order valence-electron chi connectivity index (χ1n) is 4.52. The summed E-state index contributed by atoms with van der Waals surface area (Å²) >= 11 is 1.23. The van der Waals surface area contributed by atoms with Gasteiger partial charge >= 0.3 is 0 Å². The molecule has 0 bridgehead atoms. The Morgan fingerprint density at radius 1 is 1.43 bits per heavy atom. The molecule has 1 aromatic carbocycles. The Bertz CT molecular complexity index is 316. The summed E-state index contributed by atoms with van der Waals surface area (Å²) in [5, 5.41) is 2.91. The Hall–Kier alpha value is -0.770. The van der Waals surface area contributed by atoms with Crippen LogP contribution in [-0.4, -0.2) is 11.3 Å². The maximum atomic E-state index is 12.9. The van der Waals surface area contributed by atoms with Crippen LogP contribution in [0.1, 0.15) is 13.3 Å². The fourth-order valence-electron chi connectivity index (χ4n) is 1.52. The number of halogens is 2. The van der Waals surface area contributed by atoms with Crippen molar-refractivity contribution < 1.29 is 8.78 Å². The van der Waals surface area contributed by atoms with Crippen LogP contribution in [0.5, 0.6) is 0 Å². The van der Waals surface area contributed by atoms with Crippen molar-refractivity contribution in [3.63, 3.8) is 0 Å². The average Bonchev–Trinajstić information content (AvgIpc) is 2.57. The zero-order valence-corrected chi connectivity index (χ0v) is 8.57. The molecule has 0 saturated carbocycles. The minimum absolute atomic E-state index is 0.407. The van der Waals surface area contributed by atoms with Crippen molar-refractivity contribution >= 4 is 17.4 Å². The van der Waals surface area contributed by atoms with Crippen LogP contribution in [0.2, 0.25) is 0 Å². The van der Waals surface area contributed by atoms with E-state index in [-0.39, 0.29) is 0 Å². The molecule has 1 aliphatic rings. The number of anilines is 1. The fourth-order valence-corrected chi connectivity index (χ4v) is 2.69. The van der Waals surface area contributed by atoms with Crippen LogP contribution in [0.4, 0.5) is 14.5 Å². The van der Waals surface area contributed by atoms with Gasteiger partial charge in [0.05, 0.1) is 0 Å². The topological polar surface area (TPSA) is 12.0 Å². The molecule has 0 amide bonds. The van der Waals surface area contributed by atoms with Crippen molar-refractivity contribution in [2.45, 2.75) is 29.5 Å². The zero-order chi connectivity index (χ0) is 10.2. The molecule has 1 atom stereocenters. The van der Waals surface area contributed by atoms with Gasteiger partial charge in [-0.1, -0.05) is 30.8 Å². The molecule has 2 rings (SSSR count). The van der Waals surface area contributed by atoms with Crippen LogP contribution in [0.3, 0.4) is 0 Å². The second-order valence-electron chi connectivity index (χ2n) is 3.27. The van der Waals surface area contributed by atoms with Crippen molar-refractivity contribution in [2.75, 3.05) is 5.32 Å². The first-order valence-corrected chi connectivity index (χ1v) is 5.34. The molecule has 0 saturated heterocycles. The molecule has 0 aromatic heterocycles. The van der Waals surface area contributed by atoms with Gasteiger partial charge < -0.3 is 5.32 Å². The van der Waals surface area contributed by atoms with Crippen molar-refractivity contribution in [3.8, 4) is 0 Å². The Labute approximate surface area is 85.9 Å². The smallest absolute Gasteiger partial charge is 0.270 e. The third kappa shape index (κ3) is 1.38. The van der Waals surface area contributed by atoms with Crippen LogP contribution < -0.4 is 5.32 Å². The number of para-hydroxylation sites is 1. The second kappa shape index (κ2) is 3.42. The number of nitrogens with one attached hydrogen (secondary N) is 1. The van der Waals surface area contributed by atoms with E-state index in [4.69, 9.17) is 0 Å². The third-order valence-corrected chi connectivity index (χ3v) is 3.91. The lowest BCUT2D eigenvalue weighted by Gasteiger charge is -2.26. The SMILES string of the molecule is CCC1(C(F)F)Nc2ccccc2S1. The summed E-state index contributed by atoms with van der Waals surface area (Å²) in [6.45, 7) is 1.78.